The van der Waals surface area contributed by atoms with Gasteiger partial charge in [-0.1, -0.05) is 17.7 Å². The van der Waals surface area contributed by atoms with Gasteiger partial charge in [-0.3, -0.25) is 0 Å². The second kappa shape index (κ2) is 4.37. The number of rotatable bonds is 2. The topological polar surface area (TPSA) is 15.3 Å². The Morgan fingerprint density at radius 1 is 1.53 bits per heavy atom. The van der Waals surface area contributed by atoms with E-state index >= 15 is 0 Å². The zero-order valence-electron chi connectivity index (χ0n) is 8.63. The normalized spacial score (nSPS) is 21.0. The van der Waals surface area contributed by atoms with Gasteiger partial charge in [-0.15, -0.1) is 0 Å². The quantitative estimate of drug-likeness (QED) is 0.836. The molecule has 82 valence electrons. The van der Waals surface area contributed by atoms with Crippen LogP contribution < -0.4 is 10.2 Å². The lowest BCUT2D eigenvalue weighted by Gasteiger charge is -2.20. The number of anilines is 1. The molecule has 4 heteroatoms. The van der Waals surface area contributed by atoms with Crippen LogP contribution in [0, 0.1) is 5.82 Å². The molecular weight excluding hydrogens is 215 g/mol. The number of halogens is 2. The molecule has 1 fully saturated rings. The fraction of sp³-hybridized carbons (Fsp3) is 0.455. The molecule has 1 heterocycles. The summed E-state index contributed by atoms with van der Waals surface area (Å²) < 4.78 is 13.6. The van der Waals surface area contributed by atoms with Gasteiger partial charge in [0.1, 0.15) is 5.82 Å². The Morgan fingerprint density at radius 3 is 2.93 bits per heavy atom. The Kier molecular flexibility index (Phi) is 3.12. The van der Waals surface area contributed by atoms with Crippen molar-refractivity contribution in [3.63, 3.8) is 0 Å². The average molecular weight is 229 g/mol. The molecule has 1 atom stereocenters. The van der Waals surface area contributed by atoms with Gasteiger partial charge in [-0.2, -0.15) is 0 Å². The van der Waals surface area contributed by atoms with Crippen molar-refractivity contribution >= 4 is 17.3 Å². The molecule has 0 saturated carbocycles. The largest absolute Gasteiger partial charge is 0.366 e. The van der Waals surface area contributed by atoms with Crippen molar-refractivity contribution in [1.82, 2.24) is 5.32 Å². The molecule has 1 saturated heterocycles. The third kappa shape index (κ3) is 2.08. The second-order valence-electron chi connectivity index (χ2n) is 3.79. The summed E-state index contributed by atoms with van der Waals surface area (Å²) in [5, 5.41) is 3.69. The second-order valence-corrected chi connectivity index (χ2v) is 4.20. The molecular formula is C11H14ClFN2. The van der Waals surface area contributed by atoms with Gasteiger partial charge in [0.15, 0.2) is 0 Å². The number of likely N-dealkylation sites (N-methyl/N-ethyl adjacent to an activating group) is 1. The Balaban J connectivity index is 2.23. The summed E-state index contributed by atoms with van der Waals surface area (Å²) in [6, 6.07) is 5.24. The highest BCUT2D eigenvalue weighted by molar-refractivity contribution is 6.33. The molecule has 15 heavy (non-hydrogen) atoms. The van der Waals surface area contributed by atoms with Crippen LogP contribution in [0.2, 0.25) is 5.02 Å². The summed E-state index contributed by atoms with van der Waals surface area (Å²) in [7, 11) is 1.93. The lowest BCUT2D eigenvalue weighted by Crippen LogP contribution is -2.30. The molecule has 1 aliphatic heterocycles. The fourth-order valence-corrected chi connectivity index (χ4v) is 2.27. The maximum Gasteiger partial charge on any atom is 0.148 e. The summed E-state index contributed by atoms with van der Waals surface area (Å²) in [6.07, 6.45) is 1.03. The van der Waals surface area contributed by atoms with E-state index in [1.54, 1.807) is 12.1 Å². The van der Waals surface area contributed by atoms with Crippen LogP contribution in [-0.4, -0.2) is 26.2 Å². The lowest BCUT2D eigenvalue weighted by atomic mass is 10.2. The molecule has 0 aliphatic carbocycles. The minimum atomic E-state index is -0.237. The van der Waals surface area contributed by atoms with Crippen LogP contribution in [0.25, 0.3) is 0 Å². The van der Waals surface area contributed by atoms with Crippen LogP contribution in [0.1, 0.15) is 6.42 Å². The van der Waals surface area contributed by atoms with Crippen LogP contribution in [0.4, 0.5) is 10.1 Å². The van der Waals surface area contributed by atoms with Crippen molar-refractivity contribution in [3.05, 3.63) is 29.0 Å². The van der Waals surface area contributed by atoms with Gasteiger partial charge < -0.3 is 10.2 Å². The molecule has 0 aromatic heterocycles. The Bertz CT molecular complexity index is 336. The number of hydrogen-bond acceptors (Lipinski definition) is 2. The number of para-hydroxylation sites is 1. The van der Waals surface area contributed by atoms with E-state index in [1.165, 1.54) is 6.07 Å². The Labute approximate surface area is 94.0 Å². The van der Waals surface area contributed by atoms with Gasteiger partial charge in [0, 0.05) is 19.1 Å². The monoisotopic (exact) mass is 228 g/mol. The van der Waals surface area contributed by atoms with Gasteiger partial charge in [0.25, 0.3) is 0 Å². The number of hydrogen-bond donors (Lipinski definition) is 1. The van der Waals surface area contributed by atoms with Gasteiger partial charge in [-0.25, -0.2) is 4.39 Å². The first-order chi connectivity index (χ1) is 7.22. The van der Waals surface area contributed by atoms with E-state index in [-0.39, 0.29) is 5.82 Å². The molecule has 1 unspecified atom stereocenters. The molecule has 1 N–H and O–H groups in total. The van der Waals surface area contributed by atoms with E-state index in [4.69, 9.17) is 11.6 Å². The van der Waals surface area contributed by atoms with Crippen molar-refractivity contribution in [2.75, 3.05) is 25.0 Å². The average Bonchev–Trinajstić information content (AvgIpc) is 2.66. The molecule has 2 rings (SSSR count). The van der Waals surface area contributed by atoms with Gasteiger partial charge in [0.2, 0.25) is 0 Å². The van der Waals surface area contributed by atoms with Gasteiger partial charge in [0.05, 0.1) is 10.7 Å². The van der Waals surface area contributed by atoms with Crippen molar-refractivity contribution < 1.29 is 4.39 Å². The minimum absolute atomic E-state index is 0.237. The predicted molar refractivity (Wildman–Crippen MR) is 61.1 cm³/mol. The molecule has 1 aliphatic rings. The minimum Gasteiger partial charge on any atom is -0.366 e. The zero-order valence-corrected chi connectivity index (χ0v) is 9.39. The van der Waals surface area contributed by atoms with Gasteiger partial charge in [-0.05, 0) is 25.6 Å². The molecule has 1 aromatic carbocycles. The molecule has 0 bridgehead atoms. The summed E-state index contributed by atoms with van der Waals surface area (Å²) >= 11 is 6.00. The van der Waals surface area contributed by atoms with Crippen molar-refractivity contribution in [2.24, 2.45) is 0 Å². The van der Waals surface area contributed by atoms with Crippen LogP contribution >= 0.6 is 11.6 Å². The van der Waals surface area contributed by atoms with Crippen LogP contribution in [0.15, 0.2) is 18.2 Å². The predicted octanol–water partition coefficient (Wildman–Crippen LogP) is 2.28. The van der Waals surface area contributed by atoms with Crippen molar-refractivity contribution in [1.29, 1.82) is 0 Å². The molecule has 1 aromatic rings. The maximum absolute atomic E-state index is 13.6. The standard InChI is InChI=1S/C11H14ClFN2/c1-14-8-5-6-15(7-8)11-9(12)3-2-4-10(11)13/h2-4,8,14H,5-7H2,1H3. The summed E-state index contributed by atoms with van der Waals surface area (Å²) in [5.41, 5.74) is 0.539. The third-order valence-electron chi connectivity index (χ3n) is 2.85. The first-order valence-electron chi connectivity index (χ1n) is 5.08. The number of nitrogens with one attached hydrogen (secondary N) is 1. The van der Waals surface area contributed by atoms with Crippen LogP contribution in [0.3, 0.4) is 0 Å². The summed E-state index contributed by atoms with van der Waals surface area (Å²) in [6.45, 7) is 1.67. The fourth-order valence-electron chi connectivity index (χ4n) is 1.99. The van der Waals surface area contributed by atoms with Gasteiger partial charge >= 0.3 is 0 Å². The molecule has 0 amide bonds. The smallest absolute Gasteiger partial charge is 0.148 e. The van der Waals surface area contributed by atoms with E-state index in [0.717, 1.165) is 19.5 Å². The summed E-state index contributed by atoms with van der Waals surface area (Å²) in [5.74, 6) is -0.237. The molecule has 0 spiro atoms. The van der Waals surface area contributed by atoms with Crippen molar-refractivity contribution in [2.45, 2.75) is 12.5 Å². The zero-order chi connectivity index (χ0) is 10.8. The highest BCUT2D eigenvalue weighted by Gasteiger charge is 2.24. The van der Waals surface area contributed by atoms with Crippen molar-refractivity contribution in [3.8, 4) is 0 Å². The van der Waals surface area contributed by atoms with Crippen LogP contribution in [-0.2, 0) is 0 Å². The third-order valence-corrected chi connectivity index (χ3v) is 3.16. The molecule has 0 radical (unpaired) electrons. The number of nitrogens with zero attached hydrogens (tertiary/aromatic N) is 1. The highest BCUT2D eigenvalue weighted by atomic mass is 35.5. The SMILES string of the molecule is CNC1CCN(c2c(F)cccc2Cl)C1. The Hall–Kier alpha value is -0.800. The lowest BCUT2D eigenvalue weighted by molar-refractivity contribution is 0.609. The van der Waals surface area contributed by atoms with E-state index < -0.39 is 0 Å². The van der Waals surface area contributed by atoms with E-state index in [9.17, 15) is 4.39 Å². The van der Waals surface area contributed by atoms with E-state index in [2.05, 4.69) is 5.32 Å². The van der Waals surface area contributed by atoms with E-state index in [1.807, 2.05) is 11.9 Å². The Morgan fingerprint density at radius 2 is 2.33 bits per heavy atom. The number of benzene rings is 1. The van der Waals surface area contributed by atoms with Crippen LogP contribution in [0.5, 0.6) is 0 Å². The first kappa shape index (κ1) is 10.7. The van der Waals surface area contributed by atoms with E-state index in [0.29, 0.717) is 16.8 Å². The molecule has 2 nitrogen and oxygen atoms in total. The maximum atomic E-state index is 13.6. The summed E-state index contributed by atoms with van der Waals surface area (Å²) in [4.78, 5) is 2.00. The highest BCUT2D eigenvalue weighted by Crippen LogP contribution is 2.31. The first-order valence-corrected chi connectivity index (χ1v) is 5.46.